The third kappa shape index (κ3) is 2.27. The van der Waals surface area contributed by atoms with Crippen molar-refractivity contribution in [3.63, 3.8) is 0 Å². The van der Waals surface area contributed by atoms with Crippen molar-refractivity contribution in [2.45, 2.75) is 18.2 Å². The van der Waals surface area contributed by atoms with Gasteiger partial charge in [-0.25, -0.2) is 22.3 Å². The predicted molar refractivity (Wildman–Crippen MR) is 47.5 cm³/mol. The number of alkyl halides is 2. The average Bonchev–Trinajstić information content (AvgIpc) is 2.01. The molecular weight excluding hydrogens is 212 g/mol. The number of halogens is 2. The fourth-order valence-corrected chi connectivity index (χ4v) is 1.90. The molecule has 2 N–H and O–H groups in total. The Bertz CT molecular complexity index is 443. The van der Waals surface area contributed by atoms with Crippen LogP contribution in [0.2, 0.25) is 0 Å². The van der Waals surface area contributed by atoms with Crippen molar-refractivity contribution >= 4 is 10.0 Å². The van der Waals surface area contributed by atoms with Gasteiger partial charge in [-0.15, -0.1) is 0 Å². The van der Waals surface area contributed by atoms with Crippen LogP contribution in [0.1, 0.15) is 17.6 Å². The number of rotatable bonds is 2. The third-order valence-electron chi connectivity index (χ3n) is 1.71. The lowest BCUT2D eigenvalue weighted by Crippen LogP contribution is -2.15. The molecule has 1 aromatic carbocycles. The van der Waals surface area contributed by atoms with Gasteiger partial charge >= 0.3 is 0 Å². The van der Waals surface area contributed by atoms with Gasteiger partial charge in [0.2, 0.25) is 10.0 Å². The first kappa shape index (κ1) is 11.1. The molecule has 0 saturated heterocycles. The van der Waals surface area contributed by atoms with Crippen LogP contribution in [0, 0.1) is 6.92 Å². The summed E-state index contributed by atoms with van der Waals surface area (Å²) in [5.41, 5.74) is 0.0107. The zero-order valence-corrected chi connectivity index (χ0v) is 8.18. The Balaban J connectivity index is 3.46. The molecule has 0 unspecified atom stereocenters. The van der Waals surface area contributed by atoms with Gasteiger partial charge in [0.1, 0.15) is 0 Å². The molecule has 1 aromatic rings. The van der Waals surface area contributed by atoms with Crippen LogP contribution in [0.15, 0.2) is 23.1 Å². The summed E-state index contributed by atoms with van der Waals surface area (Å²) in [6, 6.07) is 3.62. The zero-order valence-electron chi connectivity index (χ0n) is 7.37. The van der Waals surface area contributed by atoms with Crippen molar-refractivity contribution in [2.24, 2.45) is 5.14 Å². The Labute approximate surface area is 80.6 Å². The normalized spacial score (nSPS) is 12.1. The van der Waals surface area contributed by atoms with Crippen molar-refractivity contribution in [1.29, 1.82) is 0 Å². The topological polar surface area (TPSA) is 60.2 Å². The molecule has 14 heavy (non-hydrogen) atoms. The molecule has 0 aliphatic rings. The van der Waals surface area contributed by atoms with Gasteiger partial charge in [0, 0.05) is 5.56 Å². The number of hydrogen-bond acceptors (Lipinski definition) is 2. The summed E-state index contributed by atoms with van der Waals surface area (Å²) in [5.74, 6) is 0. The monoisotopic (exact) mass is 221 g/mol. The van der Waals surface area contributed by atoms with E-state index in [9.17, 15) is 17.2 Å². The van der Waals surface area contributed by atoms with Crippen LogP contribution in [-0.4, -0.2) is 8.42 Å². The van der Waals surface area contributed by atoms with Gasteiger partial charge in [-0.05, 0) is 18.6 Å². The van der Waals surface area contributed by atoms with Gasteiger partial charge in [0.25, 0.3) is 6.43 Å². The molecule has 6 heteroatoms. The maximum Gasteiger partial charge on any atom is 0.265 e. The second kappa shape index (κ2) is 3.62. The Morgan fingerprint density at radius 1 is 1.36 bits per heavy atom. The summed E-state index contributed by atoms with van der Waals surface area (Å²) in [4.78, 5) is -0.507. The maximum absolute atomic E-state index is 12.4. The third-order valence-corrected chi connectivity index (χ3v) is 2.68. The van der Waals surface area contributed by atoms with E-state index < -0.39 is 26.9 Å². The second-order valence-corrected chi connectivity index (χ2v) is 4.42. The lowest BCUT2D eigenvalue weighted by Gasteiger charge is -2.07. The van der Waals surface area contributed by atoms with Crippen molar-refractivity contribution in [1.82, 2.24) is 0 Å². The molecule has 0 bridgehead atoms. The number of aryl methyl sites for hydroxylation is 1. The Morgan fingerprint density at radius 2 is 1.93 bits per heavy atom. The van der Waals surface area contributed by atoms with Crippen molar-refractivity contribution in [3.8, 4) is 0 Å². The highest BCUT2D eigenvalue weighted by molar-refractivity contribution is 7.89. The first-order valence-electron chi connectivity index (χ1n) is 3.74. The number of hydrogen-bond donors (Lipinski definition) is 1. The molecule has 0 atom stereocenters. The molecule has 0 amide bonds. The van der Waals surface area contributed by atoms with E-state index in [-0.39, 0.29) is 0 Å². The molecule has 78 valence electrons. The minimum absolute atomic E-state index is 0.507. The van der Waals surface area contributed by atoms with Crippen LogP contribution in [0.3, 0.4) is 0 Å². The van der Waals surface area contributed by atoms with Crippen molar-refractivity contribution in [3.05, 3.63) is 29.3 Å². The van der Waals surface area contributed by atoms with E-state index in [1.807, 2.05) is 0 Å². The lowest BCUT2D eigenvalue weighted by atomic mass is 10.1. The summed E-state index contributed by atoms with van der Waals surface area (Å²) < 4.78 is 46.6. The zero-order chi connectivity index (χ0) is 10.9. The van der Waals surface area contributed by atoms with E-state index in [1.54, 1.807) is 6.92 Å². The van der Waals surface area contributed by atoms with E-state index in [0.717, 1.165) is 12.1 Å². The Hall–Kier alpha value is -1.01. The number of nitrogens with two attached hydrogens (primary N) is 1. The van der Waals surface area contributed by atoms with Crippen LogP contribution < -0.4 is 5.14 Å². The standard InChI is InChI=1S/C8H9F2NO2S/c1-5-2-3-6(8(9)10)7(4-5)14(11,12)13/h2-4,8H,1H3,(H2,11,12,13). The molecule has 0 heterocycles. The molecule has 0 fully saturated rings. The molecule has 0 radical (unpaired) electrons. The van der Waals surface area contributed by atoms with E-state index in [1.165, 1.54) is 6.07 Å². The fourth-order valence-electron chi connectivity index (χ4n) is 1.07. The second-order valence-electron chi connectivity index (χ2n) is 2.89. The van der Waals surface area contributed by atoms with Gasteiger partial charge in [-0.2, -0.15) is 0 Å². The maximum atomic E-state index is 12.4. The largest absolute Gasteiger partial charge is 0.265 e. The average molecular weight is 221 g/mol. The molecular formula is C8H9F2NO2S. The van der Waals surface area contributed by atoms with E-state index in [2.05, 4.69) is 0 Å². The minimum atomic E-state index is -4.08. The van der Waals surface area contributed by atoms with Crippen LogP contribution in [0.25, 0.3) is 0 Å². The van der Waals surface area contributed by atoms with Gasteiger partial charge < -0.3 is 0 Å². The van der Waals surface area contributed by atoms with Gasteiger partial charge in [0.05, 0.1) is 4.90 Å². The minimum Gasteiger partial charge on any atom is -0.225 e. The fraction of sp³-hybridized carbons (Fsp3) is 0.250. The Morgan fingerprint density at radius 3 is 2.36 bits per heavy atom. The summed E-state index contributed by atoms with van der Waals surface area (Å²) in [7, 11) is -4.08. The molecule has 0 spiro atoms. The summed E-state index contributed by atoms with van der Waals surface area (Å²) in [6.07, 6.45) is -2.84. The van der Waals surface area contributed by atoms with Gasteiger partial charge in [0.15, 0.2) is 0 Å². The number of benzene rings is 1. The highest BCUT2D eigenvalue weighted by Gasteiger charge is 2.20. The molecule has 0 aliphatic heterocycles. The quantitative estimate of drug-likeness (QED) is 0.824. The molecule has 0 aliphatic carbocycles. The first-order valence-corrected chi connectivity index (χ1v) is 5.28. The highest BCUT2D eigenvalue weighted by Crippen LogP contribution is 2.26. The number of primary sulfonamides is 1. The summed E-state index contributed by atoms with van der Waals surface area (Å²) in [5, 5.41) is 4.80. The van der Waals surface area contributed by atoms with Crippen molar-refractivity contribution in [2.75, 3.05) is 0 Å². The Kier molecular flexibility index (Phi) is 2.86. The predicted octanol–water partition coefficient (Wildman–Crippen LogP) is 1.58. The molecule has 1 rings (SSSR count). The smallest absolute Gasteiger partial charge is 0.225 e. The SMILES string of the molecule is Cc1ccc(C(F)F)c(S(N)(=O)=O)c1. The van der Waals surface area contributed by atoms with Crippen LogP contribution in [0.4, 0.5) is 8.78 Å². The van der Waals surface area contributed by atoms with Crippen LogP contribution in [-0.2, 0) is 10.0 Å². The summed E-state index contributed by atoms with van der Waals surface area (Å²) in [6.45, 7) is 1.60. The van der Waals surface area contributed by atoms with E-state index in [0.29, 0.717) is 5.56 Å². The molecule has 3 nitrogen and oxygen atoms in total. The lowest BCUT2D eigenvalue weighted by molar-refractivity contribution is 0.148. The molecule has 0 saturated carbocycles. The van der Waals surface area contributed by atoms with E-state index in [4.69, 9.17) is 5.14 Å². The highest BCUT2D eigenvalue weighted by atomic mass is 32.2. The van der Waals surface area contributed by atoms with Crippen LogP contribution >= 0.6 is 0 Å². The van der Waals surface area contributed by atoms with Crippen LogP contribution in [0.5, 0.6) is 0 Å². The van der Waals surface area contributed by atoms with Gasteiger partial charge in [-0.3, -0.25) is 0 Å². The van der Waals surface area contributed by atoms with Crippen molar-refractivity contribution < 1.29 is 17.2 Å². The number of sulfonamides is 1. The first-order chi connectivity index (χ1) is 6.32. The molecule has 0 aromatic heterocycles. The van der Waals surface area contributed by atoms with E-state index >= 15 is 0 Å². The summed E-state index contributed by atoms with van der Waals surface area (Å²) >= 11 is 0. The van der Waals surface area contributed by atoms with Gasteiger partial charge in [-0.1, -0.05) is 12.1 Å².